The van der Waals surface area contributed by atoms with Gasteiger partial charge in [0.1, 0.15) is 5.75 Å². The quantitative estimate of drug-likeness (QED) is 0.419. The number of amides is 1. The Kier molecular flexibility index (Phi) is 6.33. The fourth-order valence-electron chi connectivity index (χ4n) is 3.14. The molecule has 156 valence electrons. The molecule has 0 saturated heterocycles. The van der Waals surface area contributed by atoms with Crippen LogP contribution in [0.1, 0.15) is 5.56 Å². The van der Waals surface area contributed by atoms with Gasteiger partial charge in [-0.2, -0.15) is 0 Å². The molecule has 4 rings (SSSR count). The van der Waals surface area contributed by atoms with Crippen molar-refractivity contribution in [2.24, 2.45) is 0 Å². The van der Waals surface area contributed by atoms with Crippen molar-refractivity contribution in [3.63, 3.8) is 0 Å². The lowest BCUT2D eigenvalue weighted by Gasteiger charge is -2.12. The number of aromatic nitrogens is 3. The molecule has 0 atom stereocenters. The average molecular weight is 431 g/mol. The monoisotopic (exact) mass is 430 g/mol. The van der Waals surface area contributed by atoms with Crippen LogP contribution in [0.2, 0.25) is 0 Å². The van der Waals surface area contributed by atoms with Crippen molar-refractivity contribution in [3.05, 3.63) is 84.4 Å². The smallest absolute Gasteiger partial charge is 0.234 e. The predicted octanol–water partition coefficient (Wildman–Crippen LogP) is 4.98. The Morgan fingerprint density at radius 3 is 2.42 bits per heavy atom. The molecule has 6 nitrogen and oxygen atoms in total. The second kappa shape index (κ2) is 9.49. The molecule has 0 radical (unpaired) electrons. The maximum absolute atomic E-state index is 12.4. The summed E-state index contributed by atoms with van der Waals surface area (Å²) in [7, 11) is 1.63. The Morgan fingerprint density at radius 1 is 0.968 bits per heavy atom. The van der Waals surface area contributed by atoms with E-state index in [1.807, 2.05) is 90.4 Å². The van der Waals surface area contributed by atoms with Crippen LogP contribution in [-0.4, -0.2) is 33.5 Å². The first-order valence-electron chi connectivity index (χ1n) is 9.79. The number of nitrogens with zero attached hydrogens (tertiary/aromatic N) is 3. The second-order valence-electron chi connectivity index (χ2n) is 6.88. The number of para-hydroxylation sites is 2. The summed E-state index contributed by atoms with van der Waals surface area (Å²) >= 11 is 1.34. The van der Waals surface area contributed by atoms with E-state index in [1.165, 1.54) is 11.8 Å². The first kappa shape index (κ1) is 20.7. The van der Waals surface area contributed by atoms with E-state index >= 15 is 0 Å². The van der Waals surface area contributed by atoms with Crippen LogP contribution in [-0.2, 0) is 4.79 Å². The fraction of sp³-hybridized carbons (Fsp3) is 0.125. The molecule has 1 N–H and O–H groups in total. The van der Waals surface area contributed by atoms with Gasteiger partial charge in [0, 0.05) is 11.4 Å². The highest BCUT2D eigenvalue weighted by molar-refractivity contribution is 7.99. The van der Waals surface area contributed by atoms with E-state index in [4.69, 9.17) is 4.74 Å². The molecule has 7 heteroatoms. The summed E-state index contributed by atoms with van der Waals surface area (Å²) in [5.74, 6) is 1.48. The van der Waals surface area contributed by atoms with E-state index in [9.17, 15) is 4.79 Å². The Morgan fingerprint density at radius 2 is 1.68 bits per heavy atom. The standard InChI is InChI=1S/C24H22N4O2S/c1-17-12-14-19(15-13-17)28-23(20-10-6-7-11-21(20)30-2)26-27-24(28)31-16-22(29)25-18-8-4-3-5-9-18/h3-15H,16H2,1-2H3,(H,25,29). The Hall–Kier alpha value is -3.58. The molecule has 0 aliphatic heterocycles. The van der Waals surface area contributed by atoms with Gasteiger partial charge >= 0.3 is 0 Å². The molecule has 0 fully saturated rings. The number of thioether (sulfide) groups is 1. The highest BCUT2D eigenvalue weighted by Gasteiger charge is 2.19. The van der Waals surface area contributed by atoms with Crippen molar-refractivity contribution < 1.29 is 9.53 Å². The number of carbonyl (C=O) groups is 1. The SMILES string of the molecule is COc1ccccc1-c1nnc(SCC(=O)Nc2ccccc2)n1-c1ccc(C)cc1. The minimum atomic E-state index is -0.103. The third-order valence-corrected chi connectivity index (χ3v) is 5.59. The zero-order chi connectivity index (χ0) is 21.6. The number of benzene rings is 3. The number of hydrogen-bond acceptors (Lipinski definition) is 5. The summed E-state index contributed by atoms with van der Waals surface area (Å²) in [5, 5.41) is 12.4. The Balaban J connectivity index is 1.65. The van der Waals surface area contributed by atoms with Crippen LogP contribution < -0.4 is 10.1 Å². The van der Waals surface area contributed by atoms with Gasteiger partial charge in [-0.05, 0) is 43.3 Å². The van der Waals surface area contributed by atoms with Gasteiger partial charge in [-0.1, -0.05) is 59.8 Å². The fourth-order valence-corrected chi connectivity index (χ4v) is 3.89. The molecular weight excluding hydrogens is 408 g/mol. The van der Waals surface area contributed by atoms with Crippen molar-refractivity contribution in [1.29, 1.82) is 0 Å². The number of rotatable bonds is 7. The molecule has 3 aromatic carbocycles. The van der Waals surface area contributed by atoms with Gasteiger partial charge in [0.05, 0.1) is 18.4 Å². The van der Waals surface area contributed by atoms with Gasteiger partial charge < -0.3 is 10.1 Å². The third-order valence-electron chi connectivity index (χ3n) is 4.66. The van der Waals surface area contributed by atoms with Crippen LogP contribution in [0.3, 0.4) is 0 Å². The first-order valence-corrected chi connectivity index (χ1v) is 10.8. The van der Waals surface area contributed by atoms with Crippen LogP contribution >= 0.6 is 11.8 Å². The van der Waals surface area contributed by atoms with Crippen LogP contribution in [0.5, 0.6) is 5.75 Å². The average Bonchev–Trinajstić information content (AvgIpc) is 3.22. The molecule has 0 bridgehead atoms. The molecule has 0 spiro atoms. The minimum Gasteiger partial charge on any atom is -0.496 e. The van der Waals surface area contributed by atoms with Crippen molar-refractivity contribution in [1.82, 2.24) is 14.8 Å². The van der Waals surface area contributed by atoms with E-state index in [2.05, 4.69) is 15.5 Å². The number of ether oxygens (including phenoxy) is 1. The largest absolute Gasteiger partial charge is 0.496 e. The summed E-state index contributed by atoms with van der Waals surface area (Å²) in [5.41, 5.74) is 3.68. The molecule has 1 amide bonds. The maximum Gasteiger partial charge on any atom is 0.234 e. The number of anilines is 1. The summed E-state index contributed by atoms with van der Waals surface area (Å²) in [4.78, 5) is 12.4. The van der Waals surface area contributed by atoms with E-state index in [0.29, 0.717) is 16.7 Å². The lowest BCUT2D eigenvalue weighted by Crippen LogP contribution is -2.14. The van der Waals surface area contributed by atoms with Crippen molar-refractivity contribution >= 4 is 23.4 Å². The number of aryl methyl sites for hydroxylation is 1. The minimum absolute atomic E-state index is 0.103. The van der Waals surface area contributed by atoms with Gasteiger partial charge in [0.15, 0.2) is 11.0 Å². The maximum atomic E-state index is 12.4. The zero-order valence-corrected chi connectivity index (χ0v) is 18.1. The van der Waals surface area contributed by atoms with Crippen LogP contribution in [0.25, 0.3) is 17.1 Å². The first-order chi connectivity index (χ1) is 15.2. The number of carbonyl (C=O) groups excluding carboxylic acids is 1. The van der Waals surface area contributed by atoms with Gasteiger partial charge in [0.2, 0.25) is 5.91 Å². The molecule has 0 aliphatic rings. The topological polar surface area (TPSA) is 69.0 Å². The van der Waals surface area contributed by atoms with Crippen LogP contribution in [0, 0.1) is 6.92 Å². The normalized spacial score (nSPS) is 10.6. The summed E-state index contributed by atoms with van der Waals surface area (Å²) < 4.78 is 7.49. The number of hydrogen-bond donors (Lipinski definition) is 1. The van der Waals surface area contributed by atoms with E-state index in [1.54, 1.807) is 7.11 Å². The van der Waals surface area contributed by atoms with Gasteiger partial charge in [-0.15, -0.1) is 10.2 Å². The highest BCUT2D eigenvalue weighted by Crippen LogP contribution is 2.33. The lowest BCUT2D eigenvalue weighted by molar-refractivity contribution is -0.113. The van der Waals surface area contributed by atoms with Crippen LogP contribution in [0.4, 0.5) is 5.69 Å². The van der Waals surface area contributed by atoms with Crippen molar-refractivity contribution in [2.75, 3.05) is 18.2 Å². The van der Waals surface area contributed by atoms with Crippen LogP contribution in [0.15, 0.2) is 84.0 Å². The second-order valence-corrected chi connectivity index (χ2v) is 7.82. The van der Waals surface area contributed by atoms with E-state index in [0.717, 1.165) is 22.5 Å². The number of methoxy groups -OCH3 is 1. The molecule has 0 saturated carbocycles. The molecule has 1 aromatic heterocycles. The zero-order valence-electron chi connectivity index (χ0n) is 17.3. The summed E-state index contributed by atoms with van der Waals surface area (Å²) in [6.07, 6.45) is 0. The molecule has 31 heavy (non-hydrogen) atoms. The summed E-state index contributed by atoms with van der Waals surface area (Å²) in [6, 6.07) is 25.2. The Bertz CT molecular complexity index is 1170. The van der Waals surface area contributed by atoms with Gasteiger partial charge in [0.25, 0.3) is 0 Å². The molecule has 0 aliphatic carbocycles. The highest BCUT2D eigenvalue weighted by atomic mass is 32.2. The molecule has 0 unspecified atom stereocenters. The molecular formula is C24H22N4O2S. The Labute approximate surface area is 185 Å². The third kappa shape index (κ3) is 4.78. The predicted molar refractivity (Wildman–Crippen MR) is 124 cm³/mol. The number of nitrogens with one attached hydrogen (secondary N) is 1. The van der Waals surface area contributed by atoms with E-state index < -0.39 is 0 Å². The molecule has 1 heterocycles. The van der Waals surface area contributed by atoms with Gasteiger partial charge in [-0.25, -0.2) is 0 Å². The molecule has 4 aromatic rings. The lowest BCUT2D eigenvalue weighted by atomic mass is 10.1. The van der Waals surface area contributed by atoms with Crippen molar-refractivity contribution in [2.45, 2.75) is 12.1 Å². The summed E-state index contributed by atoms with van der Waals surface area (Å²) in [6.45, 7) is 2.04. The van der Waals surface area contributed by atoms with Gasteiger partial charge in [-0.3, -0.25) is 9.36 Å². The van der Waals surface area contributed by atoms with Crippen molar-refractivity contribution in [3.8, 4) is 22.8 Å². The van der Waals surface area contributed by atoms with E-state index in [-0.39, 0.29) is 11.7 Å².